The van der Waals surface area contributed by atoms with Crippen molar-refractivity contribution >= 4 is 29.3 Å². The molecule has 1 amide bonds. The average molecular weight is 393 g/mol. The summed E-state index contributed by atoms with van der Waals surface area (Å²) in [5.74, 6) is 3.11. The Morgan fingerprint density at radius 2 is 2.31 bits per heavy atom. The van der Waals surface area contributed by atoms with Gasteiger partial charge in [0.15, 0.2) is 5.82 Å². The highest BCUT2D eigenvalue weighted by molar-refractivity contribution is 7.99. The summed E-state index contributed by atoms with van der Waals surface area (Å²) in [6.45, 7) is 0. The monoisotopic (exact) mass is 392 g/mol. The summed E-state index contributed by atoms with van der Waals surface area (Å²) in [6.07, 6.45) is 5.01. The Balaban J connectivity index is 1.35. The number of aromatic nitrogens is 3. The molecule has 2 aromatic rings. The van der Waals surface area contributed by atoms with Crippen molar-refractivity contribution in [1.29, 1.82) is 0 Å². The molecule has 0 spiro atoms. The highest BCUT2D eigenvalue weighted by Gasteiger charge is 2.40. The van der Waals surface area contributed by atoms with Crippen molar-refractivity contribution in [3.63, 3.8) is 0 Å². The quantitative estimate of drug-likeness (QED) is 0.735. The molecule has 4 rings (SSSR count). The zero-order valence-corrected chi connectivity index (χ0v) is 16.1. The van der Waals surface area contributed by atoms with E-state index in [1.54, 1.807) is 25.3 Å². The van der Waals surface area contributed by atoms with E-state index in [1.807, 2.05) is 0 Å². The number of hydrogen-bond donors (Lipinski definition) is 2. The van der Waals surface area contributed by atoms with E-state index in [9.17, 15) is 4.79 Å². The second-order valence-corrected chi connectivity index (χ2v) is 8.33. The van der Waals surface area contributed by atoms with Gasteiger partial charge in [-0.15, -0.1) is 5.10 Å². The number of rotatable bonds is 6. The van der Waals surface area contributed by atoms with E-state index in [-0.39, 0.29) is 5.91 Å². The smallest absolute Gasteiger partial charge is 0.230 e. The summed E-state index contributed by atoms with van der Waals surface area (Å²) in [5, 5.41) is 11.4. The third-order valence-corrected chi connectivity index (χ3v) is 6.38. The minimum Gasteiger partial charge on any atom is -0.496 e. The molecule has 2 N–H and O–H groups in total. The molecular weight excluding hydrogens is 372 g/mol. The normalized spacial score (nSPS) is 24.0. The van der Waals surface area contributed by atoms with Gasteiger partial charge in [-0.2, -0.15) is 0 Å². The Kier molecular flexibility index (Phi) is 5.09. The number of fused-ring (bicyclic) bond motifs is 2. The zero-order chi connectivity index (χ0) is 18.1. The van der Waals surface area contributed by atoms with Gasteiger partial charge in [0, 0.05) is 11.1 Å². The lowest BCUT2D eigenvalue weighted by molar-refractivity contribution is -0.119. The largest absolute Gasteiger partial charge is 0.496 e. The van der Waals surface area contributed by atoms with Gasteiger partial charge in [0.25, 0.3) is 0 Å². The molecule has 1 aromatic heterocycles. The lowest BCUT2D eigenvalue weighted by Crippen LogP contribution is -2.39. The van der Waals surface area contributed by atoms with Gasteiger partial charge in [-0.3, -0.25) is 9.89 Å². The van der Waals surface area contributed by atoms with Crippen LogP contribution in [-0.2, 0) is 4.79 Å². The number of aromatic amines is 1. The second kappa shape index (κ2) is 7.48. The number of ether oxygens (including phenoxy) is 1. The van der Waals surface area contributed by atoms with Crippen LogP contribution in [0.1, 0.15) is 25.7 Å². The molecule has 3 atom stereocenters. The molecule has 0 saturated heterocycles. The van der Waals surface area contributed by atoms with Crippen LogP contribution in [0.5, 0.6) is 5.75 Å². The fraction of sp³-hybridized carbons (Fsp3) is 0.500. The molecule has 1 heterocycles. The van der Waals surface area contributed by atoms with Crippen LogP contribution in [0.3, 0.4) is 0 Å². The number of halogens is 1. The molecule has 2 aliphatic carbocycles. The average Bonchev–Trinajstić information content (AvgIpc) is 3.37. The van der Waals surface area contributed by atoms with Crippen LogP contribution in [0, 0.1) is 11.8 Å². The SMILES string of the molecule is COc1ccc(Cl)cc1-c1nc(SCC(=O)N[C@@H]2C[C@@H]3CC[C@@H]2C3)n[nH]1. The van der Waals surface area contributed by atoms with E-state index in [1.165, 1.54) is 31.0 Å². The van der Waals surface area contributed by atoms with Gasteiger partial charge < -0.3 is 10.1 Å². The third-order valence-electron chi connectivity index (χ3n) is 5.30. The highest BCUT2D eigenvalue weighted by Crippen LogP contribution is 2.44. The molecule has 2 bridgehead atoms. The van der Waals surface area contributed by atoms with E-state index in [0.717, 1.165) is 17.9 Å². The Labute approximate surface area is 161 Å². The zero-order valence-electron chi connectivity index (χ0n) is 14.5. The molecular formula is C18H21ClN4O2S. The number of nitrogens with zero attached hydrogens (tertiary/aromatic N) is 2. The first kappa shape index (κ1) is 17.7. The summed E-state index contributed by atoms with van der Waals surface area (Å²) < 4.78 is 5.34. The number of carbonyl (C=O) groups excluding carboxylic acids is 1. The van der Waals surface area contributed by atoms with Gasteiger partial charge in [0.05, 0.1) is 18.4 Å². The van der Waals surface area contributed by atoms with Crippen LogP contribution >= 0.6 is 23.4 Å². The molecule has 138 valence electrons. The van der Waals surface area contributed by atoms with Crippen LogP contribution in [0.25, 0.3) is 11.4 Å². The number of amides is 1. The van der Waals surface area contributed by atoms with E-state index in [0.29, 0.717) is 39.5 Å². The van der Waals surface area contributed by atoms with Gasteiger partial charge in [-0.1, -0.05) is 29.8 Å². The molecule has 2 saturated carbocycles. The minimum absolute atomic E-state index is 0.0548. The lowest BCUT2D eigenvalue weighted by Gasteiger charge is -2.22. The molecule has 1 aromatic carbocycles. The van der Waals surface area contributed by atoms with Crippen LogP contribution in [-0.4, -0.2) is 40.0 Å². The van der Waals surface area contributed by atoms with Gasteiger partial charge in [-0.25, -0.2) is 4.98 Å². The van der Waals surface area contributed by atoms with Crippen molar-refractivity contribution in [3.8, 4) is 17.1 Å². The predicted molar refractivity (Wildman–Crippen MR) is 101 cm³/mol. The first-order valence-electron chi connectivity index (χ1n) is 8.81. The minimum atomic E-state index is 0.0548. The van der Waals surface area contributed by atoms with E-state index < -0.39 is 0 Å². The van der Waals surface area contributed by atoms with Crippen molar-refractivity contribution < 1.29 is 9.53 Å². The first-order valence-corrected chi connectivity index (χ1v) is 10.2. The number of benzene rings is 1. The van der Waals surface area contributed by atoms with Gasteiger partial charge in [0.2, 0.25) is 11.1 Å². The number of hydrogen-bond acceptors (Lipinski definition) is 5. The van der Waals surface area contributed by atoms with Gasteiger partial charge >= 0.3 is 0 Å². The summed E-state index contributed by atoms with van der Waals surface area (Å²) in [5.41, 5.74) is 0.741. The van der Waals surface area contributed by atoms with Crippen molar-refractivity contribution in [2.24, 2.45) is 11.8 Å². The summed E-state index contributed by atoms with van der Waals surface area (Å²) in [6, 6.07) is 5.68. The fourth-order valence-electron chi connectivity index (χ4n) is 4.10. The Hall–Kier alpha value is -1.73. The number of carbonyl (C=O) groups is 1. The van der Waals surface area contributed by atoms with Crippen molar-refractivity contribution in [2.45, 2.75) is 36.9 Å². The van der Waals surface area contributed by atoms with Crippen molar-refractivity contribution in [1.82, 2.24) is 20.5 Å². The van der Waals surface area contributed by atoms with Crippen LogP contribution in [0.2, 0.25) is 5.02 Å². The summed E-state index contributed by atoms with van der Waals surface area (Å²) >= 11 is 7.39. The van der Waals surface area contributed by atoms with Crippen molar-refractivity contribution in [3.05, 3.63) is 23.2 Å². The molecule has 0 radical (unpaired) electrons. The predicted octanol–water partition coefficient (Wildman–Crippen LogP) is 3.53. The molecule has 26 heavy (non-hydrogen) atoms. The Bertz CT molecular complexity index is 812. The number of H-pyrrole nitrogens is 1. The van der Waals surface area contributed by atoms with E-state index in [4.69, 9.17) is 16.3 Å². The summed E-state index contributed by atoms with van der Waals surface area (Å²) in [7, 11) is 1.60. The van der Waals surface area contributed by atoms with Crippen molar-refractivity contribution in [2.75, 3.05) is 12.9 Å². The number of thioether (sulfide) groups is 1. The molecule has 8 heteroatoms. The molecule has 6 nitrogen and oxygen atoms in total. The maximum absolute atomic E-state index is 12.2. The molecule has 0 unspecified atom stereocenters. The number of methoxy groups -OCH3 is 1. The number of nitrogens with one attached hydrogen (secondary N) is 2. The second-order valence-electron chi connectivity index (χ2n) is 6.95. The maximum atomic E-state index is 12.2. The topological polar surface area (TPSA) is 79.9 Å². The molecule has 2 fully saturated rings. The van der Waals surface area contributed by atoms with Crippen LogP contribution < -0.4 is 10.1 Å². The summed E-state index contributed by atoms with van der Waals surface area (Å²) in [4.78, 5) is 16.7. The van der Waals surface area contributed by atoms with Gasteiger partial charge in [0.1, 0.15) is 5.75 Å². The van der Waals surface area contributed by atoms with Crippen LogP contribution in [0.15, 0.2) is 23.4 Å². The van der Waals surface area contributed by atoms with E-state index >= 15 is 0 Å². The van der Waals surface area contributed by atoms with Gasteiger partial charge in [-0.05, 0) is 49.3 Å². The molecule has 0 aliphatic heterocycles. The Morgan fingerprint density at radius 1 is 1.42 bits per heavy atom. The Morgan fingerprint density at radius 3 is 3.04 bits per heavy atom. The highest BCUT2D eigenvalue weighted by atomic mass is 35.5. The van der Waals surface area contributed by atoms with Crippen LogP contribution in [0.4, 0.5) is 0 Å². The first-order chi connectivity index (χ1) is 12.6. The van der Waals surface area contributed by atoms with E-state index in [2.05, 4.69) is 20.5 Å². The fourth-order valence-corrected chi connectivity index (χ4v) is 4.88. The third kappa shape index (κ3) is 3.69. The maximum Gasteiger partial charge on any atom is 0.230 e. The molecule has 2 aliphatic rings. The standard InChI is InChI=1S/C18H21ClN4O2S/c1-25-15-5-4-12(19)8-13(15)17-21-18(23-22-17)26-9-16(24)20-14-7-10-2-3-11(14)6-10/h4-5,8,10-11,14H,2-3,6-7,9H2,1H3,(H,20,24)(H,21,22,23)/t10-,11-,14-/m1/s1. The lowest BCUT2D eigenvalue weighted by atomic mass is 9.95.